The van der Waals surface area contributed by atoms with Crippen molar-refractivity contribution in [2.45, 2.75) is 39.0 Å². The zero-order valence-electron chi connectivity index (χ0n) is 7.55. The maximum absolute atomic E-state index is 5.25. The predicted molar refractivity (Wildman–Crippen MR) is 46.8 cm³/mol. The van der Waals surface area contributed by atoms with Crippen LogP contribution in [0.5, 0.6) is 0 Å². The van der Waals surface area contributed by atoms with E-state index < -0.39 is 0 Å². The van der Waals surface area contributed by atoms with Crippen LogP contribution in [-0.2, 0) is 6.42 Å². The van der Waals surface area contributed by atoms with Gasteiger partial charge in [-0.2, -0.15) is 0 Å². The van der Waals surface area contributed by atoms with Gasteiger partial charge in [0.2, 0.25) is 0 Å². The SMILES string of the molecule is CC1(Cc2ncco2)CCCC1. The molecule has 0 spiro atoms. The minimum absolute atomic E-state index is 0.463. The summed E-state index contributed by atoms with van der Waals surface area (Å²) in [5.74, 6) is 0.902. The van der Waals surface area contributed by atoms with Crippen LogP contribution in [-0.4, -0.2) is 4.98 Å². The minimum Gasteiger partial charge on any atom is -0.449 e. The van der Waals surface area contributed by atoms with Crippen LogP contribution in [0.1, 0.15) is 38.5 Å². The van der Waals surface area contributed by atoms with Crippen LogP contribution in [0, 0.1) is 5.41 Å². The third-order valence-electron chi connectivity index (χ3n) is 2.87. The summed E-state index contributed by atoms with van der Waals surface area (Å²) in [6.45, 7) is 2.34. The number of aromatic nitrogens is 1. The van der Waals surface area contributed by atoms with Crippen LogP contribution in [0.4, 0.5) is 0 Å². The molecule has 1 aromatic rings. The molecular weight excluding hydrogens is 150 g/mol. The Morgan fingerprint density at radius 2 is 2.25 bits per heavy atom. The largest absolute Gasteiger partial charge is 0.449 e. The molecule has 2 nitrogen and oxygen atoms in total. The minimum atomic E-state index is 0.463. The molecular formula is C10H15NO. The van der Waals surface area contributed by atoms with Crippen molar-refractivity contribution in [3.63, 3.8) is 0 Å². The fraction of sp³-hybridized carbons (Fsp3) is 0.700. The zero-order valence-corrected chi connectivity index (χ0v) is 7.55. The third-order valence-corrected chi connectivity index (χ3v) is 2.87. The number of rotatable bonds is 2. The molecule has 1 fully saturated rings. The topological polar surface area (TPSA) is 26.0 Å². The highest BCUT2D eigenvalue weighted by Crippen LogP contribution is 2.39. The van der Waals surface area contributed by atoms with Gasteiger partial charge in [0.25, 0.3) is 0 Å². The molecule has 0 bridgehead atoms. The highest BCUT2D eigenvalue weighted by atomic mass is 16.3. The number of hydrogen-bond acceptors (Lipinski definition) is 2. The Balaban J connectivity index is 2.02. The Morgan fingerprint density at radius 3 is 2.83 bits per heavy atom. The van der Waals surface area contributed by atoms with Crippen molar-refractivity contribution in [1.29, 1.82) is 0 Å². The number of hydrogen-bond donors (Lipinski definition) is 0. The first-order valence-corrected chi connectivity index (χ1v) is 4.67. The maximum Gasteiger partial charge on any atom is 0.194 e. The van der Waals surface area contributed by atoms with Crippen molar-refractivity contribution in [2.24, 2.45) is 5.41 Å². The van der Waals surface area contributed by atoms with E-state index in [1.165, 1.54) is 25.7 Å². The molecule has 0 saturated heterocycles. The standard InChI is InChI=1S/C10H15NO/c1-10(4-2-3-5-10)8-9-11-6-7-12-9/h6-7H,2-5,8H2,1H3. The van der Waals surface area contributed by atoms with E-state index in [-0.39, 0.29) is 0 Å². The van der Waals surface area contributed by atoms with Crippen molar-refractivity contribution >= 4 is 0 Å². The molecule has 12 heavy (non-hydrogen) atoms. The molecule has 2 heteroatoms. The van der Waals surface area contributed by atoms with Gasteiger partial charge in [0.05, 0.1) is 6.20 Å². The summed E-state index contributed by atoms with van der Waals surface area (Å²) in [6.07, 6.45) is 9.81. The van der Waals surface area contributed by atoms with Gasteiger partial charge in [0.1, 0.15) is 6.26 Å². The van der Waals surface area contributed by atoms with Gasteiger partial charge < -0.3 is 4.42 Å². The lowest BCUT2D eigenvalue weighted by Crippen LogP contribution is -2.14. The molecule has 0 radical (unpaired) electrons. The molecule has 1 saturated carbocycles. The molecule has 0 aliphatic heterocycles. The van der Waals surface area contributed by atoms with Gasteiger partial charge in [-0.15, -0.1) is 0 Å². The second-order valence-corrected chi connectivity index (χ2v) is 4.12. The molecule has 0 atom stereocenters. The van der Waals surface area contributed by atoms with Gasteiger partial charge in [-0.25, -0.2) is 4.98 Å². The van der Waals surface area contributed by atoms with E-state index in [0.29, 0.717) is 5.41 Å². The Bertz CT molecular complexity index is 234. The van der Waals surface area contributed by atoms with Gasteiger partial charge in [0, 0.05) is 6.42 Å². The van der Waals surface area contributed by atoms with E-state index in [9.17, 15) is 0 Å². The van der Waals surface area contributed by atoms with Crippen molar-refractivity contribution in [3.05, 3.63) is 18.4 Å². The Kier molecular flexibility index (Phi) is 1.91. The van der Waals surface area contributed by atoms with Gasteiger partial charge in [0.15, 0.2) is 5.89 Å². The van der Waals surface area contributed by atoms with E-state index in [1.807, 2.05) is 0 Å². The fourth-order valence-electron chi connectivity index (χ4n) is 2.11. The summed E-state index contributed by atoms with van der Waals surface area (Å²) < 4.78 is 5.25. The average Bonchev–Trinajstić information content (AvgIpc) is 2.62. The van der Waals surface area contributed by atoms with E-state index in [0.717, 1.165) is 12.3 Å². The summed E-state index contributed by atoms with van der Waals surface area (Å²) in [6, 6.07) is 0. The summed E-state index contributed by atoms with van der Waals surface area (Å²) in [5.41, 5.74) is 0.463. The third kappa shape index (κ3) is 1.52. The second kappa shape index (κ2) is 2.92. The van der Waals surface area contributed by atoms with E-state index >= 15 is 0 Å². The molecule has 1 aromatic heterocycles. The zero-order chi connectivity index (χ0) is 8.44. The second-order valence-electron chi connectivity index (χ2n) is 4.12. The Hall–Kier alpha value is -0.790. The van der Waals surface area contributed by atoms with Crippen molar-refractivity contribution in [1.82, 2.24) is 4.98 Å². The molecule has 66 valence electrons. The van der Waals surface area contributed by atoms with Gasteiger partial charge in [-0.1, -0.05) is 19.8 Å². The lowest BCUT2D eigenvalue weighted by molar-refractivity contribution is 0.299. The smallest absolute Gasteiger partial charge is 0.194 e. The first kappa shape index (κ1) is 7.84. The lowest BCUT2D eigenvalue weighted by atomic mass is 9.85. The molecule has 0 N–H and O–H groups in total. The molecule has 1 aliphatic rings. The highest BCUT2D eigenvalue weighted by Gasteiger charge is 2.30. The maximum atomic E-state index is 5.25. The van der Waals surface area contributed by atoms with E-state index in [1.54, 1.807) is 12.5 Å². The van der Waals surface area contributed by atoms with Crippen molar-refractivity contribution in [3.8, 4) is 0 Å². The van der Waals surface area contributed by atoms with Crippen LogP contribution >= 0.6 is 0 Å². The molecule has 0 unspecified atom stereocenters. The van der Waals surface area contributed by atoms with Crippen LogP contribution in [0.15, 0.2) is 16.9 Å². The summed E-state index contributed by atoms with van der Waals surface area (Å²) in [4.78, 5) is 4.16. The highest BCUT2D eigenvalue weighted by molar-refractivity contribution is 4.91. The average molecular weight is 165 g/mol. The van der Waals surface area contributed by atoms with E-state index in [2.05, 4.69) is 11.9 Å². The van der Waals surface area contributed by atoms with Crippen molar-refractivity contribution < 1.29 is 4.42 Å². The van der Waals surface area contributed by atoms with Crippen LogP contribution in [0.25, 0.3) is 0 Å². The Labute approximate surface area is 73.0 Å². The van der Waals surface area contributed by atoms with Gasteiger partial charge >= 0.3 is 0 Å². The summed E-state index contributed by atoms with van der Waals surface area (Å²) in [5, 5.41) is 0. The van der Waals surface area contributed by atoms with Crippen LogP contribution in [0.3, 0.4) is 0 Å². The Morgan fingerprint density at radius 1 is 1.50 bits per heavy atom. The first-order valence-electron chi connectivity index (χ1n) is 4.67. The monoisotopic (exact) mass is 165 g/mol. The van der Waals surface area contributed by atoms with Gasteiger partial charge in [-0.05, 0) is 18.3 Å². The van der Waals surface area contributed by atoms with Crippen LogP contribution < -0.4 is 0 Å². The summed E-state index contributed by atoms with van der Waals surface area (Å²) in [7, 11) is 0. The quantitative estimate of drug-likeness (QED) is 0.673. The number of oxazole rings is 1. The molecule has 1 heterocycles. The summed E-state index contributed by atoms with van der Waals surface area (Å²) >= 11 is 0. The normalized spacial score (nSPS) is 21.4. The molecule has 0 amide bonds. The predicted octanol–water partition coefficient (Wildman–Crippen LogP) is 2.80. The van der Waals surface area contributed by atoms with Crippen molar-refractivity contribution in [2.75, 3.05) is 0 Å². The van der Waals surface area contributed by atoms with Gasteiger partial charge in [-0.3, -0.25) is 0 Å². The molecule has 1 aliphatic carbocycles. The molecule has 0 aromatic carbocycles. The number of nitrogens with zero attached hydrogens (tertiary/aromatic N) is 1. The van der Waals surface area contributed by atoms with E-state index in [4.69, 9.17) is 4.42 Å². The lowest BCUT2D eigenvalue weighted by Gasteiger charge is -2.20. The van der Waals surface area contributed by atoms with Crippen LogP contribution in [0.2, 0.25) is 0 Å². The molecule has 2 rings (SSSR count). The fourth-order valence-corrected chi connectivity index (χ4v) is 2.11. The first-order chi connectivity index (χ1) is 5.79.